The highest BCUT2D eigenvalue weighted by atomic mass is 16.1. The molecule has 3 aromatic rings. The third kappa shape index (κ3) is 2.80. The maximum absolute atomic E-state index is 12.8. The lowest BCUT2D eigenvalue weighted by molar-refractivity contribution is 0.0620. The molecule has 3 aliphatic rings. The van der Waals surface area contributed by atoms with Gasteiger partial charge in [0.1, 0.15) is 0 Å². The summed E-state index contributed by atoms with van der Waals surface area (Å²) in [4.78, 5) is 15.2. The maximum Gasteiger partial charge on any atom is 0.253 e. The Balaban J connectivity index is 1.38. The zero-order valence-corrected chi connectivity index (χ0v) is 14.8. The second-order valence-corrected chi connectivity index (χ2v) is 7.56. The number of hydrogen-bond donors (Lipinski definition) is 1. The molecule has 132 valence electrons. The molecule has 2 bridgehead atoms. The fraction of sp³-hybridized carbons (Fsp3) is 0.318. The molecule has 3 fully saturated rings. The van der Waals surface area contributed by atoms with Crippen LogP contribution in [0.3, 0.4) is 0 Å². The zero-order chi connectivity index (χ0) is 17.5. The van der Waals surface area contributed by atoms with Gasteiger partial charge < -0.3 is 14.6 Å². The van der Waals surface area contributed by atoms with Crippen LogP contribution >= 0.6 is 0 Å². The molecule has 3 aliphatic heterocycles. The third-order valence-electron chi connectivity index (χ3n) is 5.94. The molecule has 26 heavy (non-hydrogen) atoms. The molecular weight excluding hydrogens is 322 g/mol. The molecule has 0 radical (unpaired) electrons. The van der Waals surface area contributed by atoms with E-state index in [1.54, 1.807) is 0 Å². The lowest BCUT2D eigenvalue weighted by atomic mass is 9.84. The molecule has 0 saturated carbocycles. The van der Waals surface area contributed by atoms with Crippen LogP contribution in [0.1, 0.15) is 23.2 Å². The number of pyridine rings is 1. The molecule has 1 N–H and O–H groups in total. The molecule has 4 nitrogen and oxygen atoms in total. The summed E-state index contributed by atoms with van der Waals surface area (Å²) in [6, 6.07) is 16.9. The Morgan fingerprint density at radius 3 is 2.54 bits per heavy atom. The Labute approximate surface area is 153 Å². The smallest absolute Gasteiger partial charge is 0.253 e. The molecule has 1 amide bonds. The molecule has 4 heteroatoms. The van der Waals surface area contributed by atoms with E-state index in [0.717, 1.165) is 17.6 Å². The molecule has 1 aromatic carbocycles. The molecule has 1 unspecified atom stereocenters. The normalized spacial score (nSPS) is 24.7. The van der Waals surface area contributed by atoms with Gasteiger partial charge in [0.05, 0.1) is 5.56 Å². The number of aromatic nitrogens is 1. The summed E-state index contributed by atoms with van der Waals surface area (Å²) >= 11 is 0. The van der Waals surface area contributed by atoms with Gasteiger partial charge in [-0.3, -0.25) is 4.79 Å². The quantitative estimate of drug-likeness (QED) is 0.790. The van der Waals surface area contributed by atoms with E-state index in [1.165, 1.54) is 37.1 Å². The Bertz CT molecular complexity index is 938. The lowest BCUT2D eigenvalue weighted by Gasteiger charge is -2.44. The number of carbonyl (C=O) groups excluding carboxylic acids is 1. The number of carbonyl (C=O) groups is 1. The average Bonchev–Trinajstić information content (AvgIpc) is 3.13. The summed E-state index contributed by atoms with van der Waals surface area (Å²) in [6.45, 7) is 3.38. The maximum atomic E-state index is 12.8. The van der Waals surface area contributed by atoms with E-state index in [4.69, 9.17) is 0 Å². The van der Waals surface area contributed by atoms with Crippen molar-refractivity contribution in [2.24, 2.45) is 5.92 Å². The molecule has 6 rings (SSSR count). The van der Waals surface area contributed by atoms with E-state index in [1.807, 2.05) is 41.1 Å². The van der Waals surface area contributed by atoms with Crippen molar-refractivity contribution < 1.29 is 4.79 Å². The van der Waals surface area contributed by atoms with E-state index in [0.29, 0.717) is 12.0 Å². The summed E-state index contributed by atoms with van der Waals surface area (Å²) in [6.07, 6.45) is 6.38. The number of nitrogens with zero attached hydrogens (tertiary/aromatic N) is 2. The van der Waals surface area contributed by atoms with Gasteiger partial charge in [-0.2, -0.15) is 0 Å². The second kappa shape index (κ2) is 6.29. The minimum Gasteiger partial charge on any atom is -0.348 e. The van der Waals surface area contributed by atoms with Crippen molar-refractivity contribution in [3.63, 3.8) is 0 Å². The van der Waals surface area contributed by atoms with Gasteiger partial charge in [-0.25, -0.2) is 0 Å². The Kier molecular flexibility index (Phi) is 3.79. The van der Waals surface area contributed by atoms with Crippen molar-refractivity contribution in [2.75, 3.05) is 19.6 Å². The fourth-order valence-corrected chi connectivity index (χ4v) is 4.42. The number of benzene rings is 1. The Morgan fingerprint density at radius 2 is 1.81 bits per heavy atom. The highest BCUT2D eigenvalue weighted by Crippen LogP contribution is 2.28. The van der Waals surface area contributed by atoms with E-state index < -0.39 is 0 Å². The van der Waals surface area contributed by atoms with Crippen LogP contribution in [0.4, 0.5) is 0 Å². The molecule has 1 atom stereocenters. The number of piperidine rings is 3. The van der Waals surface area contributed by atoms with Crippen molar-refractivity contribution in [3.05, 3.63) is 66.5 Å². The van der Waals surface area contributed by atoms with Gasteiger partial charge in [-0.1, -0.05) is 30.3 Å². The molecule has 2 aromatic heterocycles. The molecule has 0 spiro atoms. The summed E-state index contributed by atoms with van der Waals surface area (Å²) in [5.74, 6) is 0.694. The van der Waals surface area contributed by atoms with E-state index in [2.05, 4.69) is 34.5 Å². The summed E-state index contributed by atoms with van der Waals surface area (Å²) < 4.78 is 2.03. The summed E-state index contributed by atoms with van der Waals surface area (Å²) in [5.41, 5.74) is 4.15. The van der Waals surface area contributed by atoms with Crippen LogP contribution in [0.25, 0.3) is 16.6 Å². The van der Waals surface area contributed by atoms with Crippen LogP contribution < -0.4 is 5.32 Å². The minimum atomic E-state index is 0.0497. The minimum absolute atomic E-state index is 0.0497. The van der Waals surface area contributed by atoms with Crippen molar-refractivity contribution in [2.45, 2.75) is 18.9 Å². The molecule has 5 heterocycles. The first kappa shape index (κ1) is 15.6. The van der Waals surface area contributed by atoms with Crippen LogP contribution in [-0.2, 0) is 0 Å². The predicted molar refractivity (Wildman–Crippen MR) is 103 cm³/mol. The van der Waals surface area contributed by atoms with Gasteiger partial charge in [0.2, 0.25) is 0 Å². The van der Waals surface area contributed by atoms with Gasteiger partial charge in [-0.05, 0) is 61.2 Å². The van der Waals surface area contributed by atoms with Gasteiger partial charge in [0.25, 0.3) is 5.91 Å². The number of fused-ring (bicyclic) bond motifs is 4. The van der Waals surface area contributed by atoms with Gasteiger partial charge >= 0.3 is 0 Å². The third-order valence-corrected chi connectivity index (χ3v) is 5.94. The molecule has 0 aliphatic carbocycles. The van der Waals surface area contributed by atoms with Crippen molar-refractivity contribution in [1.82, 2.24) is 14.6 Å². The molecular formula is C22H23N3O. The highest BCUT2D eigenvalue weighted by molar-refractivity contribution is 5.96. The van der Waals surface area contributed by atoms with Crippen LogP contribution in [0.15, 0.2) is 60.9 Å². The first-order chi connectivity index (χ1) is 12.8. The average molecular weight is 345 g/mol. The monoisotopic (exact) mass is 345 g/mol. The first-order valence-electron chi connectivity index (χ1n) is 9.47. The van der Waals surface area contributed by atoms with Crippen molar-refractivity contribution in [1.29, 1.82) is 0 Å². The van der Waals surface area contributed by atoms with E-state index >= 15 is 0 Å². The lowest BCUT2D eigenvalue weighted by Crippen LogP contribution is -2.57. The zero-order valence-electron chi connectivity index (χ0n) is 14.8. The number of rotatable bonds is 3. The Morgan fingerprint density at radius 1 is 1.00 bits per heavy atom. The topological polar surface area (TPSA) is 36.8 Å². The second-order valence-electron chi connectivity index (χ2n) is 7.56. The SMILES string of the molecule is O=C(NC1CN2CCC1CC2)c1cc2cc(-c3ccccc3)ccn2c1. The van der Waals surface area contributed by atoms with Gasteiger partial charge in [0, 0.05) is 30.5 Å². The number of amides is 1. The molecule has 3 saturated heterocycles. The number of nitrogens with one attached hydrogen (secondary N) is 1. The predicted octanol–water partition coefficient (Wildman–Crippen LogP) is 3.43. The van der Waals surface area contributed by atoms with Crippen molar-refractivity contribution >= 4 is 11.4 Å². The van der Waals surface area contributed by atoms with Gasteiger partial charge in [0.15, 0.2) is 0 Å². The van der Waals surface area contributed by atoms with E-state index in [-0.39, 0.29) is 5.91 Å². The van der Waals surface area contributed by atoms with Gasteiger partial charge in [-0.15, -0.1) is 0 Å². The summed E-state index contributed by atoms with van der Waals surface area (Å²) in [5, 5.41) is 3.28. The van der Waals surface area contributed by atoms with Crippen LogP contribution in [0.2, 0.25) is 0 Å². The van der Waals surface area contributed by atoms with Crippen molar-refractivity contribution in [3.8, 4) is 11.1 Å². The fourth-order valence-electron chi connectivity index (χ4n) is 4.42. The Hall–Kier alpha value is -2.59. The first-order valence-corrected chi connectivity index (χ1v) is 9.47. The largest absolute Gasteiger partial charge is 0.348 e. The summed E-state index contributed by atoms with van der Waals surface area (Å²) in [7, 11) is 0. The van der Waals surface area contributed by atoms with Crippen LogP contribution in [0.5, 0.6) is 0 Å². The highest BCUT2D eigenvalue weighted by Gasteiger charge is 2.35. The number of hydrogen-bond acceptors (Lipinski definition) is 2. The standard InChI is InChI=1S/C22H23N3O/c26-22(23-21-15-24-9-6-17(21)7-10-24)19-13-20-12-18(8-11-25(20)14-19)16-4-2-1-3-5-16/h1-5,8,11-14,17,21H,6-7,9-10,15H2,(H,23,26). The van der Waals surface area contributed by atoms with Crippen LogP contribution in [0, 0.1) is 5.92 Å². The van der Waals surface area contributed by atoms with Crippen LogP contribution in [-0.4, -0.2) is 40.9 Å². The van der Waals surface area contributed by atoms with E-state index in [9.17, 15) is 4.79 Å².